The molecule has 0 bridgehead atoms. The van der Waals surface area contributed by atoms with Crippen molar-refractivity contribution >= 4 is 17.8 Å². The summed E-state index contributed by atoms with van der Waals surface area (Å²) in [7, 11) is 0. The van der Waals surface area contributed by atoms with Crippen LogP contribution in [0.3, 0.4) is 0 Å². The van der Waals surface area contributed by atoms with E-state index in [0.29, 0.717) is 12.8 Å². The highest BCUT2D eigenvalue weighted by Crippen LogP contribution is 2.08. The van der Waals surface area contributed by atoms with Crippen molar-refractivity contribution in [3.05, 3.63) is 35.9 Å². The number of aliphatic carboxylic acids is 2. The molecule has 0 fully saturated rings. The fraction of sp³-hybridized carbons (Fsp3) is 0.500. The van der Waals surface area contributed by atoms with Crippen LogP contribution in [-0.4, -0.2) is 46.7 Å². The summed E-state index contributed by atoms with van der Waals surface area (Å²) in [6.07, 6.45) is 0.557. The molecule has 0 spiro atoms. The third kappa shape index (κ3) is 8.30. The lowest BCUT2D eigenvalue weighted by Gasteiger charge is -2.22. The van der Waals surface area contributed by atoms with E-state index in [1.807, 2.05) is 44.2 Å². The van der Waals surface area contributed by atoms with Gasteiger partial charge >= 0.3 is 11.9 Å². The quantitative estimate of drug-likeness (QED) is 0.478. The number of rotatable bonds is 11. The van der Waals surface area contributed by atoms with Crippen molar-refractivity contribution in [3.8, 4) is 0 Å². The molecule has 1 rings (SSSR count). The van der Waals surface area contributed by atoms with Gasteiger partial charge in [0.2, 0.25) is 5.91 Å². The van der Waals surface area contributed by atoms with Crippen LogP contribution in [0.25, 0.3) is 0 Å². The Morgan fingerprint density at radius 3 is 2.20 bits per heavy atom. The fourth-order valence-corrected chi connectivity index (χ4v) is 2.43. The van der Waals surface area contributed by atoms with Crippen molar-refractivity contribution in [1.29, 1.82) is 0 Å². The molecule has 2 atom stereocenters. The predicted octanol–water partition coefficient (Wildman–Crippen LogP) is 1.28. The molecule has 138 valence electrons. The third-order valence-electron chi connectivity index (χ3n) is 3.65. The molecule has 0 heterocycles. The zero-order chi connectivity index (χ0) is 18.8. The van der Waals surface area contributed by atoms with Crippen molar-refractivity contribution in [2.24, 2.45) is 5.92 Å². The first-order valence-corrected chi connectivity index (χ1v) is 8.32. The van der Waals surface area contributed by atoms with Gasteiger partial charge in [0, 0.05) is 6.54 Å². The smallest absolute Gasteiger partial charge is 0.326 e. The molecule has 25 heavy (non-hydrogen) atoms. The summed E-state index contributed by atoms with van der Waals surface area (Å²) in [6.45, 7) is 3.89. The SMILES string of the molecule is CC(C)C[C@H](NC(=O)[C@H](Cc1ccccc1)NCCC(=O)O)C(=O)O. The Labute approximate surface area is 147 Å². The van der Waals surface area contributed by atoms with Crippen LogP contribution < -0.4 is 10.6 Å². The molecular weight excluding hydrogens is 324 g/mol. The van der Waals surface area contributed by atoms with Crippen molar-refractivity contribution in [1.82, 2.24) is 10.6 Å². The fourth-order valence-electron chi connectivity index (χ4n) is 2.43. The molecular formula is C18H26N2O5. The van der Waals surface area contributed by atoms with Gasteiger partial charge in [-0.1, -0.05) is 44.2 Å². The van der Waals surface area contributed by atoms with Crippen LogP contribution in [0.2, 0.25) is 0 Å². The van der Waals surface area contributed by atoms with E-state index in [2.05, 4.69) is 10.6 Å². The Hall–Kier alpha value is -2.41. The number of carboxylic acids is 2. The van der Waals surface area contributed by atoms with E-state index < -0.39 is 29.9 Å². The lowest BCUT2D eigenvalue weighted by atomic mass is 10.0. The van der Waals surface area contributed by atoms with Gasteiger partial charge in [-0.25, -0.2) is 4.79 Å². The maximum atomic E-state index is 12.5. The van der Waals surface area contributed by atoms with Gasteiger partial charge in [0.25, 0.3) is 0 Å². The molecule has 7 nitrogen and oxygen atoms in total. The molecule has 0 saturated carbocycles. The molecule has 1 aromatic rings. The number of hydrogen-bond acceptors (Lipinski definition) is 4. The number of nitrogens with one attached hydrogen (secondary N) is 2. The third-order valence-corrected chi connectivity index (χ3v) is 3.65. The van der Waals surface area contributed by atoms with Gasteiger partial charge in [-0.2, -0.15) is 0 Å². The van der Waals surface area contributed by atoms with E-state index in [4.69, 9.17) is 5.11 Å². The maximum Gasteiger partial charge on any atom is 0.326 e. The van der Waals surface area contributed by atoms with Crippen LogP contribution in [0.1, 0.15) is 32.3 Å². The number of carboxylic acid groups (broad SMARTS) is 2. The summed E-state index contributed by atoms with van der Waals surface area (Å²) in [5.74, 6) is -2.36. The van der Waals surface area contributed by atoms with Gasteiger partial charge in [-0.3, -0.25) is 9.59 Å². The van der Waals surface area contributed by atoms with E-state index in [1.54, 1.807) is 0 Å². The van der Waals surface area contributed by atoms with Crippen LogP contribution >= 0.6 is 0 Å². The summed E-state index contributed by atoms with van der Waals surface area (Å²) in [6, 6.07) is 7.62. The number of hydrogen-bond donors (Lipinski definition) is 4. The number of carbonyl (C=O) groups is 3. The molecule has 1 amide bonds. The highest BCUT2D eigenvalue weighted by molar-refractivity contribution is 5.87. The standard InChI is InChI=1S/C18H26N2O5/c1-12(2)10-15(18(24)25)20-17(23)14(19-9-8-16(21)22)11-13-6-4-3-5-7-13/h3-7,12,14-15,19H,8-11H2,1-2H3,(H,20,23)(H,21,22)(H,24,25)/t14-,15-/m0/s1. The van der Waals surface area contributed by atoms with Gasteiger partial charge in [0.15, 0.2) is 0 Å². The van der Waals surface area contributed by atoms with Gasteiger partial charge in [-0.15, -0.1) is 0 Å². The summed E-state index contributed by atoms with van der Waals surface area (Å²) in [5.41, 5.74) is 0.904. The molecule has 0 aliphatic carbocycles. The maximum absolute atomic E-state index is 12.5. The second-order valence-electron chi connectivity index (χ2n) is 6.37. The van der Waals surface area contributed by atoms with Crippen LogP contribution in [0, 0.1) is 5.92 Å². The number of amides is 1. The van der Waals surface area contributed by atoms with Gasteiger partial charge in [0.05, 0.1) is 12.5 Å². The Kier molecular flexibility index (Phi) is 8.63. The molecule has 1 aromatic carbocycles. The normalized spacial score (nSPS) is 13.2. The highest BCUT2D eigenvalue weighted by atomic mass is 16.4. The van der Waals surface area contributed by atoms with E-state index in [1.165, 1.54) is 0 Å². The van der Waals surface area contributed by atoms with Crippen molar-refractivity contribution in [2.45, 2.75) is 45.2 Å². The molecule has 0 aliphatic heterocycles. The summed E-state index contributed by atoms with van der Waals surface area (Å²) in [5, 5.41) is 23.5. The minimum absolute atomic E-state index is 0.118. The summed E-state index contributed by atoms with van der Waals surface area (Å²) < 4.78 is 0. The molecule has 0 saturated heterocycles. The molecule has 7 heteroatoms. The average molecular weight is 350 g/mol. The topological polar surface area (TPSA) is 116 Å². The van der Waals surface area contributed by atoms with Crippen molar-refractivity contribution < 1.29 is 24.6 Å². The van der Waals surface area contributed by atoms with Crippen LogP contribution in [0.5, 0.6) is 0 Å². The van der Waals surface area contributed by atoms with E-state index in [-0.39, 0.29) is 18.9 Å². The molecule has 0 aromatic heterocycles. The Morgan fingerprint density at radius 2 is 1.68 bits per heavy atom. The van der Waals surface area contributed by atoms with Gasteiger partial charge in [-0.05, 0) is 24.3 Å². The summed E-state index contributed by atoms with van der Waals surface area (Å²) >= 11 is 0. The van der Waals surface area contributed by atoms with Crippen LogP contribution in [0.4, 0.5) is 0 Å². The van der Waals surface area contributed by atoms with E-state index >= 15 is 0 Å². The largest absolute Gasteiger partial charge is 0.481 e. The second kappa shape index (κ2) is 10.5. The highest BCUT2D eigenvalue weighted by Gasteiger charge is 2.26. The Morgan fingerprint density at radius 1 is 1.04 bits per heavy atom. The zero-order valence-electron chi connectivity index (χ0n) is 14.6. The minimum Gasteiger partial charge on any atom is -0.481 e. The molecule has 4 N–H and O–H groups in total. The van der Waals surface area contributed by atoms with Crippen molar-refractivity contribution in [2.75, 3.05) is 6.54 Å². The predicted molar refractivity (Wildman–Crippen MR) is 93.2 cm³/mol. The Bertz CT molecular complexity index is 574. The minimum atomic E-state index is -1.08. The van der Waals surface area contributed by atoms with Crippen LogP contribution in [-0.2, 0) is 20.8 Å². The van der Waals surface area contributed by atoms with E-state index in [9.17, 15) is 19.5 Å². The average Bonchev–Trinajstić information content (AvgIpc) is 2.53. The van der Waals surface area contributed by atoms with E-state index in [0.717, 1.165) is 5.56 Å². The first kappa shape index (κ1) is 20.6. The number of benzene rings is 1. The van der Waals surface area contributed by atoms with Gasteiger partial charge < -0.3 is 20.8 Å². The summed E-state index contributed by atoms with van der Waals surface area (Å²) in [4.78, 5) is 34.6. The zero-order valence-corrected chi connectivity index (χ0v) is 14.6. The first-order valence-electron chi connectivity index (χ1n) is 8.32. The number of carbonyl (C=O) groups excluding carboxylic acids is 1. The molecule has 0 radical (unpaired) electrons. The van der Waals surface area contributed by atoms with Gasteiger partial charge in [0.1, 0.15) is 6.04 Å². The van der Waals surface area contributed by atoms with Crippen LogP contribution in [0.15, 0.2) is 30.3 Å². The molecule has 0 unspecified atom stereocenters. The van der Waals surface area contributed by atoms with Crippen molar-refractivity contribution in [3.63, 3.8) is 0 Å². The second-order valence-corrected chi connectivity index (χ2v) is 6.37. The lowest BCUT2D eigenvalue weighted by molar-refractivity contribution is -0.142. The lowest BCUT2D eigenvalue weighted by Crippen LogP contribution is -2.51. The first-order chi connectivity index (χ1) is 11.8. The Balaban J connectivity index is 2.78. The molecule has 0 aliphatic rings. The monoisotopic (exact) mass is 350 g/mol.